The minimum Gasteiger partial charge on any atom is -0.386 e. The highest BCUT2D eigenvalue weighted by molar-refractivity contribution is 5.11. The van der Waals surface area contributed by atoms with E-state index in [9.17, 15) is 5.11 Å². The highest BCUT2D eigenvalue weighted by Gasteiger charge is 2.25. The Morgan fingerprint density at radius 1 is 1.07 bits per heavy atom. The zero-order valence-corrected chi connectivity index (χ0v) is 9.37. The average Bonchev–Trinajstić information content (AvgIpc) is 2.14. The standard InChI is InChI=1S/C13H22O/c1-12(2)8-4-7-11-13(14)9-5-3-6-10-13/h4,7-8,11-12,14H,3,5-6,9-10H2,1-2H3/b8-4-,11-7+. The first kappa shape index (κ1) is 11.5. The van der Waals surface area contributed by atoms with Crippen molar-refractivity contribution in [2.75, 3.05) is 0 Å². The molecule has 14 heavy (non-hydrogen) atoms. The third-order valence-electron chi connectivity index (χ3n) is 2.73. The fourth-order valence-corrected chi connectivity index (χ4v) is 1.85. The molecule has 0 bridgehead atoms. The van der Waals surface area contributed by atoms with Crippen LogP contribution in [0.1, 0.15) is 46.0 Å². The van der Waals surface area contributed by atoms with Crippen molar-refractivity contribution in [1.82, 2.24) is 0 Å². The van der Waals surface area contributed by atoms with Gasteiger partial charge in [-0.1, -0.05) is 57.4 Å². The van der Waals surface area contributed by atoms with Crippen LogP contribution < -0.4 is 0 Å². The van der Waals surface area contributed by atoms with Crippen LogP contribution in [0.2, 0.25) is 0 Å². The lowest BCUT2D eigenvalue weighted by Gasteiger charge is -2.28. The molecule has 0 aromatic heterocycles. The molecular weight excluding hydrogens is 172 g/mol. The minimum atomic E-state index is -0.514. The van der Waals surface area contributed by atoms with Gasteiger partial charge in [0.2, 0.25) is 0 Å². The van der Waals surface area contributed by atoms with Crippen molar-refractivity contribution in [3.05, 3.63) is 24.3 Å². The summed E-state index contributed by atoms with van der Waals surface area (Å²) in [7, 11) is 0. The zero-order chi connectivity index (χ0) is 10.4. The molecule has 1 heteroatoms. The fourth-order valence-electron chi connectivity index (χ4n) is 1.85. The van der Waals surface area contributed by atoms with Crippen LogP contribution in [0.5, 0.6) is 0 Å². The Kier molecular flexibility index (Phi) is 4.40. The van der Waals surface area contributed by atoms with Crippen molar-refractivity contribution in [2.24, 2.45) is 5.92 Å². The molecule has 1 rings (SSSR count). The van der Waals surface area contributed by atoms with E-state index in [1.54, 1.807) is 0 Å². The quantitative estimate of drug-likeness (QED) is 0.682. The van der Waals surface area contributed by atoms with Gasteiger partial charge in [0, 0.05) is 0 Å². The van der Waals surface area contributed by atoms with E-state index in [1.807, 2.05) is 18.2 Å². The Balaban J connectivity index is 2.40. The maximum atomic E-state index is 10.1. The summed E-state index contributed by atoms with van der Waals surface area (Å²) < 4.78 is 0. The second-order valence-corrected chi connectivity index (χ2v) is 4.65. The Labute approximate surface area is 87.5 Å². The smallest absolute Gasteiger partial charge is 0.0830 e. The summed E-state index contributed by atoms with van der Waals surface area (Å²) in [6.07, 6.45) is 13.6. The van der Waals surface area contributed by atoms with Crippen LogP contribution in [-0.4, -0.2) is 10.7 Å². The van der Waals surface area contributed by atoms with E-state index in [2.05, 4.69) is 19.9 Å². The molecule has 0 saturated heterocycles. The van der Waals surface area contributed by atoms with Crippen molar-refractivity contribution >= 4 is 0 Å². The summed E-state index contributed by atoms with van der Waals surface area (Å²) in [5, 5.41) is 10.1. The van der Waals surface area contributed by atoms with Gasteiger partial charge in [0.1, 0.15) is 0 Å². The van der Waals surface area contributed by atoms with E-state index in [0.29, 0.717) is 5.92 Å². The Morgan fingerprint density at radius 3 is 2.29 bits per heavy atom. The second kappa shape index (κ2) is 5.35. The molecule has 1 fully saturated rings. The number of allylic oxidation sites excluding steroid dienone is 3. The lowest BCUT2D eigenvalue weighted by Crippen LogP contribution is -2.28. The maximum Gasteiger partial charge on any atom is 0.0830 e. The molecular formula is C13H22O. The largest absolute Gasteiger partial charge is 0.386 e. The van der Waals surface area contributed by atoms with Gasteiger partial charge < -0.3 is 5.11 Å². The van der Waals surface area contributed by atoms with E-state index < -0.39 is 5.60 Å². The number of hydrogen-bond acceptors (Lipinski definition) is 1. The Bertz CT molecular complexity index is 207. The van der Waals surface area contributed by atoms with Crippen molar-refractivity contribution in [1.29, 1.82) is 0 Å². The highest BCUT2D eigenvalue weighted by atomic mass is 16.3. The van der Waals surface area contributed by atoms with Crippen molar-refractivity contribution in [3.63, 3.8) is 0 Å². The van der Waals surface area contributed by atoms with Crippen molar-refractivity contribution in [3.8, 4) is 0 Å². The number of rotatable bonds is 3. The molecule has 0 unspecified atom stereocenters. The lowest BCUT2D eigenvalue weighted by molar-refractivity contribution is 0.0513. The monoisotopic (exact) mass is 194 g/mol. The van der Waals surface area contributed by atoms with Gasteiger partial charge in [-0.25, -0.2) is 0 Å². The van der Waals surface area contributed by atoms with Gasteiger partial charge >= 0.3 is 0 Å². The van der Waals surface area contributed by atoms with Gasteiger partial charge in [0.05, 0.1) is 5.60 Å². The number of aliphatic hydroxyl groups is 1. The SMILES string of the molecule is CC(C)/C=C\C=C\C1(O)CCCCC1. The zero-order valence-electron chi connectivity index (χ0n) is 9.37. The summed E-state index contributed by atoms with van der Waals surface area (Å²) >= 11 is 0. The van der Waals surface area contributed by atoms with E-state index in [1.165, 1.54) is 6.42 Å². The van der Waals surface area contributed by atoms with Crippen molar-refractivity contribution < 1.29 is 5.11 Å². The molecule has 0 amide bonds. The second-order valence-electron chi connectivity index (χ2n) is 4.65. The van der Waals surface area contributed by atoms with Gasteiger partial charge in [0.15, 0.2) is 0 Å². The summed E-state index contributed by atoms with van der Waals surface area (Å²) in [4.78, 5) is 0. The summed E-state index contributed by atoms with van der Waals surface area (Å²) in [5.74, 6) is 0.584. The van der Waals surface area contributed by atoms with Crippen LogP contribution in [0.25, 0.3) is 0 Å². The van der Waals surface area contributed by atoms with Crippen LogP contribution in [-0.2, 0) is 0 Å². The lowest BCUT2D eigenvalue weighted by atomic mass is 9.84. The molecule has 1 aliphatic rings. The Hall–Kier alpha value is -0.560. The molecule has 0 aromatic carbocycles. The molecule has 80 valence electrons. The topological polar surface area (TPSA) is 20.2 Å². The molecule has 0 radical (unpaired) electrons. The summed E-state index contributed by atoms with van der Waals surface area (Å²) in [5.41, 5.74) is -0.514. The van der Waals surface area contributed by atoms with Gasteiger partial charge in [-0.05, 0) is 18.8 Å². The van der Waals surface area contributed by atoms with Crippen LogP contribution in [0.15, 0.2) is 24.3 Å². The molecule has 0 spiro atoms. The molecule has 1 N–H and O–H groups in total. The van der Waals surface area contributed by atoms with Crippen molar-refractivity contribution in [2.45, 2.75) is 51.6 Å². The Morgan fingerprint density at radius 2 is 1.71 bits per heavy atom. The third kappa shape index (κ3) is 4.10. The third-order valence-corrected chi connectivity index (χ3v) is 2.73. The first-order valence-electron chi connectivity index (χ1n) is 5.71. The normalized spacial score (nSPS) is 22.6. The average molecular weight is 194 g/mol. The molecule has 0 aromatic rings. The van der Waals surface area contributed by atoms with Gasteiger partial charge in [0.25, 0.3) is 0 Å². The number of hydrogen-bond donors (Lipinski definition) is 1. The summed E-state index contributed by atoms with van der Waals surface area (Å²) in [6, 6.07) is 0. The van der Waals surface area contributed by atoms with Crippen LogP contribution in [0, 0.1) is 5.92 Å². The van der Waals surface area contributed by atoms with Gasteiger partial charge in [-0.3, -0.25) is 0 Å². The predicted octanol–water partition coefficient (Wildman–Crippen LogP) is 3.45. The molecule has 1 saturated carbocycles. The first-order chi connectivity index (χ1) is 6.62. The van der Waals surface area contributed by atoms with E-state index >= 15 is 0 Å². The molecule has 0 aliphatic heterocycles. The molecule has 1 aliphatic carbocycles. The highest BCUT2D eigenvalue weighted by Crippen LogP contribution is 2.28. The maximum absolute atomic E-state index is 10.1. The van der Waals surface area contributed by atoms with Crippen LogP contribution in [0.3, 0.4) is 0 Å². The van der Waals surface area contributed by atoms with Crippen LogP contribution >= 0.6 is 0 Å². The van der Waals surface area contributed by atoms with Gasteiger partial charge in [-0.15, -0.1) is 0 Å². The van der Waals surface area contributed by atoms with E-state index in [-0.39, 0.29) is 0 Å². The van der Waals surface area contributed by atoms with Gasteiger partial charge in [-0.2, -0.15) is 0 Å². The molecule has 0 heterocycles. The molecule has 1 nitrogen and oxygen atoms in total. The van der Waals surface area contributed by atoms with Crippen LogP contribution in [0.4, 0.5) is 0 Å². The fraction of sp³-hybridized carbons (Fsp3) is 0.692. The minimum absolute atomic E-state index is 0.514. The predicted molar refractivity (Wildman–Crippen MR) is 61.2 cm³/mol. The van der Waals surface area contributed by atoms with E-state index in [0.717, 1.165) is 25.7 Å². The first-order valence-corrected chi connectivity index (χ1v) is 5.71. The van der Waals surface area contributed by atoms with E-state index in [4.69, 9.17) is 0 Å². The molecule has 0 atom stereocenters. The summed E-state index contributed by atoms with van der Waals surface area (Å²) in [6.45, 7) is 4.30.